The van der Waals surface area contributed by atoms with Crippen LogP contribution < -0.4 is 16.2 Å². The Kier molecular flexibility index (Phi) is 3.71. The van der Waals surface area contributed by atoms with Gasteiger partial charge >= 0.3 is 0 Å². The van der Waals surface area contributed by atoms with Crippen molar-refractivity contribution in [3.63, 3.8) is 0 Å². The van der Waals surface area contributed by atoms with E-state index in [0.29, 0.717) is 29.1 Å². The Labute approximate surface area is 112 Å². The van der Waals surface area contributed by atoms with Gasteiger partial charge in [0.1, 0.15) is 5.75 Å². The molecule has 0 bridgehead atoms. The lowest BCUT2D eigenvalue weighted by atomic mass is 10.0. The average molecular weight is 256 g/mol. The van der Waals surface area contributed by atoms with Crippen LogP contribution in [-0.2, 0) is 0 Å². The number of hydrogen-bond acceptors (Lipinski definition) is 4. The van der Waals surface area contributed by atoms with Gasteiger partial charge in [0, 0.05) is 11.1 Å². The highest BCUT2D eigenvalue weighted by Gasteiger charge is 2.13. The van der Waals surface area contributed by atoms with E-state index in [4.69, 9.17) is 16.2 Å². The van der Waals surface area contributed by atoms with Crippen LogP contribution in [0.15, 0.2) is 42.5 Å². The number of nitrogen functional groups attached to an aromatic ring is 2. The summed E-state index contributed by atoms with van der Waals surface area (Å²) < 4.78 is 5.33. The molecular weight excluding hydrogens is 240 g/mol. The number of rotatable bonds is 4. The molecule has 0 atom stereocenters. The molecule has 19 heavy (non-hydrogen) atoms. The molecule has 4 N–H and O–H groups in total. The Hall–Kier alpha value is -2.49. The molecule has 0 radical (unpaired) electrons. The van der Waals surface area contributed by atoms with Crippen LogP contribution in [0.1, 0.15) is 22.8 Å². The first-order valence-corrected chi connectivity index (χ1v) is 6.05. The maximum atomic E-state index is 12.3. The number of benzene rings is 2. The molecule has 0 heterocycles. The minimum Gasteiger partial charge on any atom is -0.494 e. The van der Waals surface area contributed by atoms with Gasteiger partial charge in [-0.15, -0.1) is 0 Å². The quantitative estimate of drug-likeness (QED) is 0.650. The SMILES string of the molecule is CCOc1ccc(C(=O)c2cccc(N)c2N)cc1. The van der Waals surface area contributed by atoms with Crippen molar-refractivity contribution in [1.82, 2.24) is 0 Å². The van der Waals surface area contributed by atoms with Gasteiger partial charge in [0.25, 0.3) is 0 Å². The normalized spacial score (nSPS) is 10.2. The van der Waals surface area contributed by atoms with E-state index in [9.17, 15) is 4.79 Å². The van der Waals surface area contributed by atoms with Crippen LogP contribution in [0.5, 0.6) is 5.75 Å². The molecule has 0 saturated carbocycles. The summed E-state index contributed by atoms with van der Waals surface area (Å²) in [6.07, 6.45) is 0. The molecule has 4 heteroatoms. The smallest absolute Gasteiger partial charge is 0.195 e. The van der Waals surface area contributed by atoms with Crippen LogP contribution in [0.25, 0.3) is 0 Å². The minimum atomic E-state index is -0.146. The third-order valence-corrected chi connectivity index (χ3v) is 2.81. The van der Waals surface area contributed by atoms with Crippen molar-refractivity contribution in [3.8, 4) is 5.75 Å². The predicted molar refractivity (Wildman–Crippen MR) is 76.3 cm³/mol. The van der Waals surface area contributed by atoms with E-state index in [0.717, 1.165) is 5.75 Å². The summed E-state index contributed by atoms with van der Waals surface area (Å²) in [5.74, 6) is 0.590. The second kappa shape index (κ2) is 5.44. The summed E-state index contributed by atoms with van der Waals surface area (Å²) in [6.45, 7) is 2.50. The van der Waals surface area contributed by atoms with E-state index in [1.807, 2.05) is 6.92 Å². The van der Waals surface area contributed by atoms with Crippen LogP contribution in [0.2, 0.25) is 0 Å². The van der Waals surface area contributed by atoms with Crippen LogP contribution in [0.3, 0.4) is 0 Å². The number of hydrogen-bond donors (Lipinski definition) is 2. The molecule has 2 aromatic carbocycles. The number of carbonyl (C=O) groups excluding carboxylic acids is 1. The molecule has 4 nitrogen and oxygen atoms in total. The van der Waals surface area contributed by atoms with E-state index >= 15 is 0 Å². The summed E-state index contributed by atoms with van der Waals surface area (Å²) in [7, 11) is 0. The van der Waals surface area contributed by atoms with Crippen molar-refractivity contribution in [1.29, 1.82) is 0 Å². The van der Waals surface area contributed by atoms with Crippen LogP contribution in [0, 0.1) is 0 Å². The molecule has 0 aromatic heterocycles. The van der Waals surface area contributed by atoms with Crippen molar-refractivity contribution in [2.24, 2.45) is 0 Å². The fraction of sp³-hybridized carbons (Fsp3) is 0.133. The molecule has 0 aliphatic heterocycles. The first kappa shape index (κ1) is 13.0. The first-order valence-electron chi connectivity index (χ1n) is 6.05. The molecule has 2 rings (SSSR count). The van der Waals surface area contributed by atoms with E-state index in [2.05, 4.69) is 0 Å². The van der Waals surface area contributed by atoms with Gasteiger partial charge in [-0.05, 0) is 43.3 Å². The summed E-state index contributed by atoms with van der Waals surface area (Å²) in [6, 6.07) is 12.0. The average Bonchev–Trinajstić information content (AvgIpc) is 2.42. The highest BCUT2D eigenvalue weighted by Crippen LogP contribution is 2.23. The maximum absolute atomic E-state index is 12.3. The van der Waals surface area contributed by atoms with Gasteiger partial charge < -0.3 is 16.2 Å². The summed E-state index contributed by atoms with van der Waals surface area (Å²) >= 11 is 0. The number of carbonyl (C=O) groups is 1. The summed E-state index contributed by atoms with van der Waals surface area (Å²) in [5.41, 5.74) is 13.2. The zero-order chi connectivity index (χ0) is 13.8. The lowest BCUT2D eigenvalue weighted by Gasteiger charge is -2.08. The number of ether oxygens (including phenoxy) is 1. The number of nitrogens with two attached hydrogens (primary N) is 2. The molecule has 0 saturated heterocycles. The standard InChI is InChI=1S/C15H16N2O2/c1-2-19-11-8-6-10(7-9-11)15(18)12-4-3-5-13(16)14(12)17/h3-9H,2,16-17H2,1H3. The Morgan fingerprint density at radius 2 is 1.79 bits per heavy atom. The fourth-order valence-corrected chi connectivity index (χ4v) is 1.81. The Bertz CT molecular complexity index is 592. The third kappa shape index (κ3) is 2.68. The Morgan fingerprint density at radius 1 is 1.11 bits per heavy atom. The van der Waals surface area contributed by atoms with Gasteiger partial charge in [0.2, 0.25) is 0 Å². The van der Waals surface area contributed by atoms with Gasteiger partial charge in [0.05, 0.1) is 18.0 Å². The van der Waals surface area contributed by atoms with Gasteiger partial charge in [-0.3, -0.25) is 4.79 Å². The molecule has 98 valence electrons. The van der Waals surface area contributed by atoms with Crippen LogP contribution in [0.4, 0.5) is 11.4 Å². The highest BCUT2D eigenvalue weighted by atomic mass is 16.5. The molecule has 0 spiro atoms. The van der Waals surface area contributed by atoms with E-state index in [-0.39, 0.29) is 5.78 Å². The van der Waals surface area contributed by atoms with Gasteiger partial charge in [-0.2, -0.15) is 0 Å². The van der Waals surface area contributed by atoms with Gasteiger partial charge in [-0.1, -0.05) is 6.07 Å². The summed E-state index contributed by atoms with van der Waals surface area (Å²) in [4.78, 5) is 12.3. The molecule has 0 amide bonds. The number of ketones is 1. The largest absolute Gasteiger partial charge is 0.494 e. The Balaban J connectivity index is 2.31. The van der Waals surface area contributed by atoms with Crippen molar-refractivity contribution in [2.75, 3.05) is 18.1 Å². The molecule has 0 fully saturated rings. The van der Waals surface area contributed by atoms with Crippen LogP contribution in [-0.4, -0.2) is 12.4 Å². The lowest BCUT2D eigenvalue weighted by molar-refractivity contribution is 0.103. The highest BCUT2D eigenvalue weighted by molar-refractivity contribution is 6.13. The molecular formula is C15H16N2O2. The van der Waals surface area contributed by atoms with Gasteiger partial charge in [0.15, 0.2) is 5.78 Å². The van der Waals surface area contributed by atoms with E-state index in [1.165, 1.54) is 0 Å². The third-order valence-electron chi connectivity index (χ3n) is 2.81. The maximum Gasteiger partial charge on any atom is 0.195 e. The lowest BCUT2D eigenvalue weighted by Crippen LogP contribution is -2.07. The first-order chi connectivity index (χ1) is 9.13. The van der Waals surface area contributed by atoms with E-state index in [1.54, 1.807) is 42.5 Å². The molecule has 0 aliphatic rings. The molecule has 0 aliphatic carbocycles. The predicted octanol–water partition coefficient (Wildman–Crippen LogP) is 2.48. The second-order valence-corrected chi connectivity index (χ2v) is 4.09. The van der Waals surface area contributed by atoms with Crippen molar-refractivity contribution < 1.29 is 9.53 Å². The molecule has 0 unspecified atom stereocenters. The minimum absolute atomic E-state index is 0.146. The molecule has 2 aromatic rings. The van der Waals surface area contributed by atoms with Crippen molar-refractivity contribution in [3.05, 3.63) is 53.6 Å². The van der Waals surface area contributed by atoms with E-state index < -0.39 is 0 Å². The second-order valence-electron chi connectivity index (χ2n) is 4.09. The fourth-order valence-electron chi connectivity index (χ4n) is 1.81. The number of para-hydroxylation sites is 1. The van der Waals surface area contributed by atoms with Crippen LogP contribution >= 0.6 is 0 Å². The zero-order valence-electron chi connectivity index (χ0n) is 10.7. The summed E-state index contributed by atoms with van der Waals surface area (Å²) in [5, 5.41) is 0. The monoisotopic (exact) mass is 256 g/mol. The topological polar surface area (TPSA) is 78.3 Å². The Morgan fingerprint density at radius 3 is 2.42 bits per heavy atom. The van der Waals surface area contributed by atoms with Crippen molar-refractivity contribution >= 4 is 17.2 Å². The van der Waals surface area contributed by atoms with Crippen molar-refractivity contribution in [2.45, 2.75) is 6.92 Å². The zero-order valence-corrected chi connectivity index (χ0v) is 10.7. The number of anilines is 2. The van der Waals surface area contributed by atoms with Gasteiger partial charge in [-0.25, -0.2) is 0 Å².